The number of nitrogens with zero attached hydrogens (tertiary/aromatic N) is 2. The van der Waals surface area contributed by atoms with Gasteiger partial charge in [0.05, 0.1) is 39.2 Å². The molecule has 4 nitrogen and oxygen atoms in total. The number of amides is 2. The highest BCUT2D eigenvalue weighted by Crippen LogP contribution is 2.36. The Balaban J connectivity index is 1.50. The topological polar surface area (TPSA) is 40.6 Å². The lowest BCUT2D eigenvalue weighted by Gasteiger charge is -2.17. The van der Waals surface area contributed by atoms with E-state index in [4.69, 9.17) is 0 Å². The summed E-state index contributed by atoms with van der Waals surface area (Å²) in [6, 6.07) is 12.6. The minimum absolute atomic E-state index is 0.116. The lowest BCUT2D eigenvalue weighted by molar-refractivity contribution is -0.113. The fraction of sp³-hybridized carbons (Fsp3) is 0.375. The number of thiophene rings is 4. The van der Waals surface area contributed by atoms with Gasteiger partial charge in [-0.25, -0.2) is 0 Å². The van der Waals surface area contributed by atoms with Crippen molar-refractivity contribution in [3.8, 4) is 0 Å². The van der Waals surface area contributed by atoms with E-state index in [1.165, 1.54) is 25.7 Å². The lowest BCUT2D eigenvalue weighted by atomic mass is 10.2. The van der Waals surface area contributed by atoms with Crippen molar-refractivity contribution in [2.24, 2.45) is 0 Å². The zero-order valence-electron chi connectivity index (χ0n) is 23.6. The van der Waals surface area contributed by atoms with E-state index in [1.54, 1.807) is 45.3 Å². The van der Waals surface area contributed by atoms with Crippen LogP contribution < -0.4 is 18.9 Å². The van der Waals surface area contributed by atoms with Crippen molar-refractivity contribution in [2.45, 2.75) is 65.2 Å². The van der Waals surface area contributed by atoms with Gasteiger partial charge in [-0.15, -0.1) is 45.3 Å². The van der Waals surface area contributed by atoms with E-state index in [-0.39, 0.29) is 11.8 Å². The molecule has 2 amide bonds. The lowest BCUT2D eigenvalue weighted by Crippen LogP contribution is -2.29. The minimum atomic E-state index is 0.116. The number of fused-ring (bicyclic) bond motifs is 2. The van der Waals surface area contributed by atoms with Gasteiger partial charge < -0.3 is 9.80 Å². The van der Waals surface area contributed by atoms with E-state index in [0.29, 0.717) is 0 Å². The number of hydrogen-bond donors (Lipinski definition) is 0. The highest BCUT2D eigenvalue weighted by molar-refractivity contribution is 9.11. The molecule has 6 heterocycles. The molecule has 0 aliphatic carbocycles. The van der Waals surface area contributed by atoms with E-state index >= 15 is 0 Å². The highest BCUT2D eigenvalue weighted by atomic mass is 79.9. The van der Waals surface area contributed by atoms with Gasteiger partial charge >= 0.3 is 0 Å². The van der Waals surface area contributed by atoms with Crippen LogP contribution in [0.4, 0.5) is 11.4 Å². The van der Waals surface area contributed by atoms with E-state index in [0.717, 1.165) is 96.8 Å². The van der Waals surface area contributed by atoms with Gasteiger partial charge in [-0.2, -0.15) is 0 Å². The first kappa shape index (κ1) is 30.5. The smallest absolute Gasteiger partial charge is 0.261 e. The Kier molecular flexibility index (Phi) is 9.58. The second-order valence-electron chi connectivity index (χ2n) is 10.6. The maximum atomic E-state index is 13.7. The quantitative estimate of drug-likeness (QED) is 0.135. The number of halogens is 2. The van der Waals surface area contributed by atoms with Gasteiger partial charge in [0.1, 0.15) is 0 Å². The van der Waals surface area contributed by atoms with E-state index in [2.05, 4.69) is 57.8 Å². The Bertz CT molecular complexity index is 1730. The van der Waals surface area contributed by atoms with Gasteiger partial charge in [0.2, 0.25) is 0 Å². The van der Waals surface area contributed by atoms with Crippen molar-refractivity contribution in [2.75, 3.05) is 22.9 Å². The second-order valence-corrected chi connectivity index (χ2v) is 17.7. The van der Waals surface area contributed by atoms with Crippen LogP contribution in [0, 0.1) is 9.06 Å². The zero-order valence-corrected chi connectivity index (χ0v) is 30.1. The molecule has 10 heteroatoms. The van der Waals surface area contributed by atoms with Crippen molar-refractivity contribution in [3.05, 3.63) is 71.9 Å². The van der Waals surface area contributed by atoms with Gasteiger partial charge in [-0.3, -0.25) is 9.59 Å². The summed E-state index contributed by atoms with van der Waals surface area (Å²) in [6.07, 6.45) is 8.98. The summed E-state index contributed by atoms with van der Waals surface area (Å²) in [6.45, 7) is 5.90. The molecule has 2 aliphatic heterocycles. The first-order valence-corrected chi connectivity index (χ1v) is 19.4. The van der Waals surface area contributed by atoms with Crippen LogP contribution in [0.25, 0.3) is 11.1 Å². The van der Waals surface area contributed by atoms with Crippen LogP contribution in [0.2, 0.25) is 0 Å². The van der Waals surface area contributed by atoms with E-state index < -0.39 is 0 Å². The van der Waals surface area contributed by atoms with E-state index in [9.17, 15) is 9.59 Å². The van der Waals surface area contributed by atoms with Gasteiger partial charge in [0.15, 0.2) is 0 Å². The molecule has 0 unspecified atom stereocenters. The minimum Gasteiger partial charge on any atom is -0.307 e. The Morgan fingerprint density at radius 2 is 1.02 bits per heavy atom. The van der Waals surface area contributed by atoms with Crippen molar-refractivity contribution < 1.29 is 9.59 Å². The molecular weight excluding hydrogens is 732 g/mol. The van der Waals surface area contributed by atoms with Crippen LogP contribution in [0.3, 0.4) is 0 Å². The molecule has 0 spiro atoms. The van der Waals surface area contributed by atoms with Crippen LogP contribution in [0.1, 0.15) is 75.0 Å². The van der Waals surface area contributed by atoms with Crippen molar-refractivity contribution in [1.29, 1.82) is 0 Å². The van der Waals surface area contributed by atoms with Crippen LogP contribution in [-0.4, -0.2) is 24.9 Å². The normalized spacial score (nSPS) is 15.4. The molecule has 2 aliphatic rings. The predicted octanol–water partition coefficient (Wildman–Crippen LogP) is 9.00. The number of anilines is 2. The number of unbranched alkanes of at least 4 members (excludes halogenated alkanes) is 6. The summed E-state index contributed by atoms with van der Waals surface area (Å²) in [7, 11) is 0. The molecule has 0 fully saturated rings. The highest BCUT2D eigenvalue weighted by Gasteiger charge is 2.34. The van der Waals surface area contributed by atoms with Gasteiger partial charge in [-0.05, 0) is 81.1 Å². The Hall–Kier alpha value is -1.56. The Morgan fingerprint density at radius 3 is 1.38 bits per heavy atom. The summed E-state index contributed by atoms with van der Waals surface area (Å²) in [5.41, 5.74) is 3.70. The molecule has 4 aromatic heterocycles. The first-order valence-electron chi connectivity index (χ1n) is 14.6. The molecule has 4 aromatic rings. The fourth-order valence-electron chi connectivity index (χ4n) is 5.62. The van der Waals surface area contributed by atoms with Gasteiger partial charge in [-0.1, -0.05) is 52.4 Å². The Labute approximate surface area is 279 Å². The molecule has 0 bridgehead atoms. The van der Waals surface area contributed by atoms with Crippen LogP contribution in [0.15, 0.2) is 44.0 Å². The monoisotopic (exact) mass is 762 g/mol. The summed E-state index contributed by atoms with van der Waals surface area (Å²) >= 11 is 13.8. The van der Waals surface area contributed by atoms with Crippen molar-refractivity contribution >= 4 is 112 Å². The number of rotatable bonds is 12. The molecule has 0 saturated carbocycles. The second kappa shape index (κ2) is 13.2. The van der Waals surface area contributed by atoms with E-state index in [1.807, 2.05) is 34.1 Å². The standard InChI is InChI=1S/C32H32Br2N2O2S4/c1-3-5-7-9-15-35-19-17-23(41-29(19)27(31(35)37)21-11-13-25(33)39-21)24-18-20-30(42-24)28(22-12-14-26(34)40-22)32(38)36(20)16-10-8-6-4-2/h11-14,17-18H,3-10,15-16H2,1-2H3/b24-23+. The molecule has 0 atom stereocenters. The van der Waals surface area contributed by atoms with Crippen molar-refractivity contribution in [1.82, 2.24) is 0 Å². The summed E-state index contributed by atoms with van der Waals surface area (Å²) in [4.78, 5) is 33.5. The summed E-state index contributed by atoms with van der Waals surface area (Å²) in [5.74, 6) is 0.232. The molecule has 0 aromatic carbocycles. The maximum Gasteiger partial charge on any atom is 0.261 e. The first-order chi connectivity index (χ1) is 20.4. The molecule has 0 saturated heterocycles. The van der Waals surface area contributed by atoms with Crippen LogP contribution >= 0.6 is 77.2 Å². The maximum absolute atomic E-state index is 13.7. The third-order valence-corrected chi connectivity index (χ3v) is 13.5. The predicted molar refractivity (Wildman–Crippen MR) is 188 cm³/mol. The number of hydrogen-bond acceptors (Lipinski definition) is 6. The zero-order chi connectivity index (χ0) is 29.4. The van der Waals surface area contributed by atoms with Crippen LogP contribution in [0.5, 0.6) is 0 Å². The molecule has 6 rings (SSSR count). The molecule has 0 N–H and O–H groups in total. The molecule has 0 radical (unpaired) electrons. The van der Waals surface area contributed by atoms with Gasteiger partial charge in [0, 0.05) is 31.9 Å². The summed E-state index contributed by atoms with van der Waals surface area (Å²) < 4.78 is 6.49. The molecular formula is C32H32Br2N2O2S4. The van der Waals surface area contributed by atoms with Gasteiger partial charge in [0.25, 0.3) is 11.8 Å². The fourth-order valence-corrected chi connectivity index (χ4v) is 11.1. The molecule has 220 valence electrons. The third kappa shape index (κ3) is 5.79. The number of carbonyl (C=O) groups is 2. The average molecular weight is 765 g/mol. The Morgan fingerprint density at radius 1 is 0.595 bits per heavy atom. The summed E-state index contributed by atoms with van der Waals surface area (Å²) in [5, 5.41) is 0. The largest absolute Gasteiger partial charge is 0.307 e. The van der Waals surface area contributed by atoms with Crippen molar-refractivity contribution in [3.63, 3.8) is 0 Å². The average Bonchev–Trinajstić information content (AvgIpc) is 3.80. The third-order valence-electron chi connectivity index (χ3n) is 7.73. The SMILES string of the molecule is CCCCCCN1C(=O)C(c2ccc(Br)s2)=c2s/c(=c3\cc4c(s3)=C(c3ccc(Br)s3)C(=O)N4CCCCCC)cc21. The number of carbonyl (C=O) groups excluding carboxylic acids is 2. The van der Waals surface area contributed by atoms with Crippen LogP contribution in [-0.2, 0) is 9.59 Å². The molecule has 42 heavy (non-hydrogen) atoms.